The Morgan fingerprint density at radius 1 is 1.29 bits per heavy atom. The number of nitrogens with zero attached hydrogens (tertiary/aromatic N) is 1. The Hall–Kier alpha value is -1.55. The minimum absolute atomic E-state index is 0.353. The molecule has 0 bridgehead atoms. The zero-order valence-corrected chi connectivity index (χ0v) is 7.95. The molecule has 1 aromatic heterocycles. The van der Waals surface area contributed by atoms with Crippen LogP contribution >= 0.6 is 11.3 Å². The Bertz CT molecular complexity index is 484. The molecule has 0 aliphatic carbocycles. The summed E-state index contributed by atoms with van der Waals surface area (Å²) < 4.78 is 11.6. The predicted molar refractivity (Wildman–Crippen MR) is 52.5 cm³/mol. The average Bonchev–Trinajstić information content (AvgIpc) is 2.88. The van der Waals surface area contributed by atoms with Gasteiger partial charge in [0.05, 0.1) is 15.8 Å². The SMILES string of the molecule is [c]1nc2c(C3OC=CO3)cccc2s1. The highest BCUT2D eigenvalue weighted by molar-refractivity contribution is 7.16. The van der Waals surface area contributed by atoms with Crippen molar-refractivity contribution in [1.29, 1.82) is 0 Å². The Morgan fingerprint density at radius 2 is 2.14 bits per heavy atom. The standard InChI is InChI=1S/C10H6NO2S/c1-2-7(10-12-4-5-13-10)9-8(3-1)14-6-11-9/h1-5,10H. The van der Waals surface area contributed by atoms with Gasteiger partial charge in [0.1, 0.15) is 12.5 Å². The highest BCUT2D eigenvalue weighted by Crippen LogP contribution is 2.30. The summed E-state index contributed by atoms with van der Waals surface area (Å²) in [5, 5.41) is 0. The molecule has 0 N–H and O–H groups in total. The number of thiazole rings is 1. The second-order valence-corrected chi connectivity index (χ2v) is 3.70. The van der Waals surface area contributed by atoms with E-state index in [9.17, 15) is 0 Å². The van der Waals surface area contributed by atoms with Crippen molar-refractivity contribution in [2.75, 3.05) is 0 Å². The first-order valence-electron chi connectivity index (χ1n) is 4.16. The molecule has 1 radical (unpaired) electrons. The second kappa shape index (κ2) is 2.99. The van der Waals surface area contributed by atoms with E-state index >= 15 is 0 Å². The highest BCUT2D eigenvalue weighted by Gasteiger charge is 2.19. The van der Waals surface area contributed by atoms with E-state index < -0.39 is 0 Å². The van der Waals surface area contributed by atoms with E-state index in [1.165, 1.54) is 11.3 Å². The Kier molecular flexibility index (Phi) is 1.67. The third kappa shape index (κ3) is 1.08. The molecule has 2 aromatic rings. The van der Waals surface area contributed by atoms with E-state index in [2.05, 4.69) is 10.5 Å². The summed E-state index contributed by atoms with van der Waals surface area (Å²) in [6, 6.07) is 5.93. The molecule has 1 aliphatic rings. The number of fused-ring (bicyclic) bond motifs is 1. The van der Waals surface area contributed by atoms with Crippen molar-refractivity contribution in [2.24, 2.45) is 0 Å². The maximum Gasteiger partial charge on any atom is 0.268 e. The number of benzene rings is 1. The summed E-state index contributed by atoms with van der Waals surface area (Å²) >= 11 is 1.49. The van der Waals surface area contributed by atoms with Gasteiger partial charge >= 0.3 is 0 Å². The molecule has 1 aromatic carbocycles. The Morgan fingerprint density at radius 3 is 3.00 bits per heavy atom. The van der Waals surface area contributed by atoms with E-state index in [1.54, 1.807) is 12.5 Å². The van der Waals surface area contributed by atoms with Gasteiger partial charge in [0, 0.05) is 0 Å². The van der Waals surface area contributed by atoms with Crippen LogP contribution < -0.4 is 0 Å². The summed E-state index contributed by atoms with van der Waals surface area (Å²) in [4.78, 5) is 4.17. The van der Waals surface area contributed by atoms with Crippen molar-refractivity contribution >= 4 is 21.6 Å². The molecule has 69 valence electrons. The first-order chi connectivity index (χ1) is 6.95. The number of hydrogen-bond donors (Lipinski definition) is 0. The molecule has 14 heavy (non-hydrogen) atoms. The van der Waals surface area contributed by atoms with Gasteiger partial charge in [0.2, 0.25) is 0 Å². The monoisotopic (exact) mass is 204 g/mol. The third-order valence-electron chi connectivity index (χ3n) is 2.06. The Labute approximate surface area is 84.6 Å². The van der Waals surface area contributed by atoms with Crippen molar-refractivity contribution in [3.63, 3.8) is 0 Å². The number of aromatic nitrogens is 1. The summed E-state index contributed by atoms with van der Waals surface area (Å²) in [5.41, 5.74) is 4.72. The van der Waals surface area contributed by atoms with Gasteiger partial charge in [-0.25, -0.2) is 4.98 Å². The molecule has 0 saturated carbocycles. The van der Waals surface area contributed by atoms with Crippen LogP contribution in [0.1, 0.15) is 11.9 Å². The molecule has 3 rings (SSSR count). The maximum absolute atomic E-state index is 5.26. The maximum atomic E-state index is 5.26. The molecule has 1 aliphatic heterocycles. The van der Waals surface area contributed by atoms with Crippen LogP contribution in [0.2, 0.25) is 0 Å². The quantitative estimate of drug-likeness (QED) is 0.715. The molecule has 0 saturated heterocycles. The minimum atomic E-state index is -0.353. The van der Waals surface area contributed by atoms with E-state index in [-0.39, 0.29) is 6.29 Å². The largest absolute Gasteiger partial charge is 0.455 e. The molecule has 0 unspecified atom stereocenters. The van der Waals surface area contributed by atoms with Crippen LogP contribution in [0, 0.1) is 5.51 Å². The summed E-state index contributed by atoms with van der Waals surface area (Å²) in [6.45, 7) is 0. The van der Waals surface area contributed by atoms with Gasteiger partial charge in [-0.15, -0.1) is 11.3 Å². The molecule has 2 heterocycles. The van der Waals surface area contributed by atoms with E-state index in [1.807, 2.05) is 18.2 Å². The fraction of sp³-hybridized carbons (Fsp3) is 0.100. The van der Waals surface area contributed by atoms with Crippen molar-refractivity contribution in [2.45, 2.75) is 6.29 Å². The predicted octanol–water partition coefficient (Wildman–Crippen LogP) is 2.61. The number of hydrogen-bond acceptors (Lipinski definition) is 4. The molecular formula is C10H6NO2S. The first kappa shape index (κ1) is 7.82. The van der Waals surface area contributed by atoms with Gasteiger partial charge in [0.15, 0.2) is 5.51 Å². The van der Waals surface area contributed by atoms with Crippen LogP contribution in [0.5, 0.6) is 0 Å². The van der Waals surface area contributed by atoms with Crippen molar-refractivity contribution in [3.8, 4) is 0 Å². The van der Waals surface area contributed by atoms with Crippen molar-refractivity contribution < 1.29 is 9.47 Å². The molecule has 0 atom stereocenters. The third-order valence-corrected chi connectivity index (χ3v) is 2.79. The first-order valence-corrected chi connectivity index (χ1v) is 4.98. The molecule has 3 nitrogen and oxygen atoms in total. The zero-order valence-electron chi connectivity index (χ0n) is 7.14. The lowest BCUT2D eigenvalue weighted by Crippen LogP contribution is -1.98. The number of ether oxygens (including phenoxy) is 2. The zero-order chi connectivity index (χ0) is 9.38. The lowest BCUT2D eigenvalue weighted by Gasteiger charge is -2.10. The van der Waals surface area contributed by atoms with E-state index in [0.29, 0.717) is 0 Å². The molecule has 0 amide bonds. The fourth-order valence-corrected chi connectivity index (χ4v) is 2.08. The minimum Gasteiger partial charge on any atom is -0.455 e. The van der Waals surface area contributed by atoms with E-state index in [0.717, 1.165) is 15.8 Å². The molecule has 4 heteroatoms. The number of rotatable bonds is 1. The summed E-state index contributed by atoms with van der Waals surface area (Å²) in [5.74, 6) is 0. The van der Waals surface area contributed by atoms with E-state index in [4.69, 9.17) is 9.47 Å². The highest BCUT2D eigenvalue weighted by atomic mass is 32.1. The van der Waals surface area contributed by atoms with Gasteiger partial charge < -0.3 is 9.47 Å². The van der Waals surface area contributed by atoms with Gasteiger partial charge in [0.25, 0.3) is 6.29 Å². The Balaban J connectivity index is 2.15. The molecule has 0 spiro atoms. The smallest absolute Gasteiger partial charge is 0.268 e. The fourth-order valence-electron chi connectivity index (χ4n) is 1.43. The number of para-hydroxylation sites is 1. The lowest BCUT2D eigenvalue weighted by atomic mass is 10.2. The lowest BCUT2D eigenvalue weighted by molar-refractivity contribution is -0.0235. The van der Waals surface area contributed by atoms with Crippen molar-refractivity contribution in [3.05, 3.63) is 41.8 Å². The molecule has 0 fully saturated rings. The van der Waals surface area contributed by atoms with Crippen LogP contribution in [-0.2, 0) is 9.47 Å². The molecular weight excluding hydrogens is 198 g/mol. The van der Waals surface area contributed by atoms with Crippen molar-refractivity contribution in [1.82, 2.24) is 4.98 Å². The van der Waals surface area contributed by atoms with Gasteiger partial charge in [-0.1, -0.05) is 6.07 Å². The summed E-state index contributed by atoms with van der Waals surface area (Å²) in [7, 11) is 0. The average molecular weight is 204 g/mol. The van der Waals surface area contributed by atoms with Crippen LogP contribution in [0.25, 0.3) is 10.2 Å². The van der Waals surface area contributed by atoms with Gasteiger partial charge in [-0.05, 0) is 12.1 Å². The summed E-state index contributed by atoms with van der Waals surface area (Å²) in [6.07, 6.45) is 2.73. The van der Waals surface area contributed by atoms with Gasteiger partial charge in [-0.2, -0.15) is 0 Å². The second-order valence-electron chi connectivity index (χ2n) is 2.88. The van der Waals surface area contributed by atoms with Crippen LogP contribution in [-0.4, -0.2) is 4.98 Å². The van der Waals surface area contributed by atoms with Crippen LogP contribution in [0.3, 0.4) is 0 Å². The normalized spacial score (nSPS) is 15.7. The van der Waals surface area contributed by atoms with Crippen LogP contribution in [0.4, 0.5) is 0 Å². The van der Waals surface area contributed by atoms with Gasteiger partial charge in [-0.3, -0.25) is 0 Å². The van der Waals surface area contributed by atoms with Crippen LogP contribution in [0.15, 0.2) is 30.7 Å². The topological polar surface area (TPSA) is 31.4 Å².